The number of esters is 1. The lowest BCUT2D eigenvalue weighted by molar-refractivity contribution is 0.0589. The Morgan fingerprint density at radius 3 is 2.71 bits per heavy atom. The number of methoxy groups -OCH3 is 2. The van der Waals surface area contributed by atoms with E-state index < -0.39 is 5.97 Å². The van der Waals surface area contributed by atoms with Crippen LogP contribution in [0.5, 0.6) is 5.75 Å². The summed E-state index contributed by atoms with van der Waals surface area (Å²) in [6, 6.07) is 6.69. The number of nitrogens with zero attached hydrogens (tertiary/aromatic N) is 2. The van der Waals surface area contributed by atoms with Crippen molar-refractivity contribution >= 4 is 17.6 Å². The molecule has 2 rings (SSSR count). The number of aromatic nitrogens is 2. The van der Waals surface area contributed by atoms with Gasteiger partial charge < -0.3 is 14.8 Å². The molecule has 1 aromatic heterocycles. The molecule has 1 N–H and O–H groups in total. The van der Waals surface area contributed by atoms with Crippen molar-refractivity contribution in [2.24, 2.45) is 7.05 Å². The van der Waals surface area contributed by atoms with Crippen LogP contribution in [0.4, 0.5) is 5.69 Å². The molecule has 0 aliphatic rings. The van der Waals surface area contributed by atoms with Crippen molar-refractivity contribution in [3.8, 4) is 5.75 Å². The van der Waals surface area contributed by atoms with Gasteiger partial charge in [-0.15, -0.1) is 0 Å². The third-order valence-electron chi connectivity index (χ3n) is 2.90. The molecule has 0 bridgehead atoms. The summed E-state index contributed by atoms with van der Waals surface area (Å²) in [4.78, 5) is 23.9. The summed E-state index contributed by atoms with van der Waals surface area (Å²) < 4.78 is 11.1. The summed E-state index contributed by atoms with van der Waals surface area (Å²) in [5.41, 5.74) is 0.875. The summed E-state index contributed by atoms with van der Waals surface area (Å²) in [6.07, 6.45) is 1.39. The Morgan fingerprint density at radius 2 is 2.05 bits per heavy atom. The van der Waals surface area contributed by atoms with E-state index in [9.17, 15) is 9.59 Å². The van der Waals surface area contributed by atoms with Gasteiger partial charge in [-0.1, -0.05) is 6.07 Å². The molecule has 0 saturated carbocycles. The molecule has 1 amide bonds. The SMILES string of the molecule is COC(=O)c1c(NC(=O)c2cccc(OC)c2)cnn1C. The topological polar surface area (TPSA) is 82.4 Å². The van der Waals surface area contributed by atoms with Crippen molar-refractivity contribution < 1.29 is 19.1 Å². The molecule has 0 aliphatic carbocycles. The Kier molecular flexibility index (Phi) is 4.22. The number of nitrogens with one attached hydrogen (secondary N) is 1. The van der Waals surface area contributed by atoms with Crippen molar-refractivity contribution in [2.45, 2.75) is 0 Å². The first kappa shape index (κ1) is 14.6. The number of amides is 1. The second kappa shape index (κ2) is 6.08. The smallest absolute Gasteiger partial charge is 0.358 e. The lowest BCUT2D eigenvalue weighted by Crippen LogP contribution is -2.16. The third-order valence-corrected chi connectivity index (χ3v) is 2.90. The Morgan fingerprint density at radius 1 is 1.29 bits per heavy atom. The molecule has 0 fully saturated rings. The summed E-state index contributed by atoms with van der Waals surface area (Å²) in [7, 11) is 4.38. The fourth-order valence-electron chi connectivity index (χ4n) is 1.83. The quantitative estimate of drug-likeness (QED) is 0.862. The van der Waals surface area contributed by atoms with Crippen LogP contribution in [0.2, 0.25) is 0 Å². The van der Waals surface area contributed by atoms with E-state index in [0.29, 0.717) is 11.3 Å². The van der Waals surface area contributed by atoms with E-state index in [0.717, 1.165) is 0 Å². The lowest BCUT2D eigenvalue weighted by atomic mass is 10.2. The largest absolute Gasteiger partial charge is 0.497 e. The van der Waals surface area contributed by atoms with Gasteiger partial charge in [0.1, 0.15) is 5.75 Å². The van der Waals surface area contributed by atoms with E-state index in [-0.39, 0.29) is 17.3 Å². The van der Waals surface area contributed by atoms with Gasteiger partial charge in [-0.2, -0.15) is 5.10 Å². The molecule has 7 nitrogen and oxygen atoms in total. The van der Waals surface area contributed by atoms with Crippen LogP contribution in [0.25, 0.3) is 0 Å². The van der Waals surface area contributed by atoms with Crippen LogP contribution in [-0.4, -0.2) is 35.9 Å². The summed E-state index contributed by atoms with van der Waals surface area (Å²) in [5.74, 6) is -0.370. The zero-order valence-corrected chi connectivity index (χ0v) is 11.9. The highest BCUT2D eigenvalue weighted by Gasteiger charge is 2.19. The molecular formula is C14H15N3O4. The molecule has 0 spiro atoms. The van der Waals surface area contributed by atoms with Crippen LogP contribution in [0.15, 0.2) is 30.5 Å². The Labute approximate surface area is 121 Å². The van der Waals surface area contributed by atoms with Gasteiger partial charge in [-0.3, -0.25) is 9.48 Å². The van der Waals surface area contributed by atoms with E-state index in [2.05, 4.69) is 15.2 Å². The molecule has 0 saturated heterocycles. The lowest BCUT2D eigenvalue weighted by Gasteiger charge is -2.07. The highest BCUT2D eigenvalue weighted by molar-refractivity contribution is 6.07. The zero-order chi connectivity index (χ0) is 15.4. The number of carbonyl (C=O) groups is 2. The van der Waals surface area contributed by atoms with Crippen LogP contribution in [0.1, 0.15) is 20.8 Å². The average Bonchev–Trinajstić information content (AvgIpc) is 2.87. The number of carbonyl (C=O) groups excluding carboxylic acids is 2. The van der Waals surface area contributed by atoms with Crippen molar-refractivity contribution in [1.29, 1.82) is 0 Å². The predicted octanol–water partition coefficient (Wildman–Crippen LogP) is 1.47. The van der Waals surface area contributed by atoms with Crippen LogP contribution in [-0.2, 0) is 11.8 Å². The maximum absolute atomic E-state index is 12.2. The summed E-state index contributed by atoms with van der Waals surface area (Å²) >= 11 is 0. The average molecular weight is 289 g/mol. The number of aryl methyl sites for hydroxylation is 1. The molecule has 0 aliphatic heterocycles. The van der Waals surface area contributed by atoms with Crippen molar-refractivity contribution in [3.05, 3.63) is 41.7 Å². The Bertz CT molecular complexity index is 679. The second-order valence-corrected chi connectivity index (χ2v) is 4.21. The molecule has 1 aromatic carbocycles. The van der Waals surface area contributed by atoms with Crippen LogP contribution in [0.3, 0.4) is 0 Å². The van der Waals surface area contributed by atoms with Gasteiger partial charge in [-0.05, 0) is 18.2 Å². The predicted molar refractivity (Wildman–Crippen MR) is 75.5 cm³/mol. The van der Waals surface area contributed by atoms with Gasteiger partial charge in [0.15, 0.2) is 5.69 Å². The number of benzene rings is 1. The first-order valence-corrected chi connectivity index (χ1v) is 6.12. The first-order chi connectivity index (χ1) is 10.1. The maximum atomic E-state index is 12.2. The van der Waals surface area contributed by atoms with Gasteiger partial charge >= 0.3 is 5.97 Å². The van der Waals surface area contributed by atoms with Gasteiger partial charge in [0, 0.05) is 12.6 Å². The van der Waals surface area contributed by atoms with Gasteiger partial charge in [0.25, 0.3) is 5.91 Å². The molecule has 0 unspecified atom stereocenters. The maximum Gasteiger partial charge on any atom is 0.358 e. The fourth-order valence-corrected chi connectivity index (χ4v) is 1.83. The van der Waals surface area contributed by atoms with Crippen LogP contribution in [0, 0.1) is 0 Å². The molecule has 2 aromatic rings. The number of rotatable bonds is 4. The Hall–Kier alpha value is -2.83. The molecule has 110 valence electrons. The minimum atomic E-state index is -0.573. The van der Waals surface area contributed by atoms with Crippen LogP contribution < -0.4 is 10.1 Å². The van der Waals surface area contributed by atoms with E-state index in [1.807, 2.05) is 0 Å². The second-order valence-electron chi connectivity index (χ2n) is 4.21. The van der Waals surface area contributed by atoms with Crippen molar-refractivity contribution in [3.63, 3.8) is 0 Å². The van der Waals surface area contributed by atoms with Crippen molar-refractivity contribution in [1.82, 2.24) is 9.78 Å². The molecule has 1 heterocycles. The summed E-state index contributed by atoms with van der Waals surface area (Å²) in [6.45, 7) is 0. The number of ether oxygens (including phenoxy) is 2. The van der Waals surface area contributed by atoms with Gasteiger partial charge in [0.2, 0.25) is 0 Å². The first-order valence-electron chi connectivity index (χ1n) is 6.12. The minimum absolute atomic E-state index is 0.175. The molecular weight excluding hydrogens is 274 g/mol. The van der Waals surface area contributed by atoms with E-state index in [1.54, 1.807) is 31.3 Å². The number of hydrogen-bond donors (Lipinski definition) is 1. The standard InChI is InChI=1S/C14H15N3O4/c1-17-12(14(19)21-3)11(8-15-17)16-13(18)9-5-4-6-10(7-9)20-2/h4-8H,1-3H3,(H,16,18). The molecule has 21 heavy (non-hydrogen) atoms. The highest BCUT2D eigenvalue weighted by Crippen LogP contribution is 2.18. The number of anilines is 1. The highest BCUT2D eigenvalue weighted by atomic mass is 16.5. The zero-order valence-electron chi connectivity index (χ0n) is 11.9. The van der Waals surface area contributed by atoms with E-state index >= 15 is 0 Å². The molecule has 0 radical (unpaired) electrons. The Balaban J connectivity index is 2.25. The van der Waals surface area contributed by atoms with E-state index in [1.165, 1.54) is 25.1 Å². The fraction of sp³-hybridized carbons (Fsp3) is 0.214. The molecule has 7 heteroatoms. The summed E-state index contributed by atoms with van der Waals surface area (Å²) in [5, 5.41) is 6.58. The monoisotopic (exact) mass is 289 g/mol. The van der Waals surface area contributed by atoms with Gasteiger partial charge in [0.05, 0.1) is 26.1 Å². The van der Waals surface area contributed by atoms with Crippen molar-refractivity contribution in [2.75, 3.05) is 19.5 Å². The normalized spacial score (nSPS) is 10.0. The van der Waals surface area contributed by atoms with Crippen LogP contribution >= 0.6 is 0 Å². The van der Waals surface area contributed by atoms with E-state index in [4.69, 9.17) is 4.74 Å². The number of hydrogen-bond acceptors (Lipinski definition) is 5. The van der Waals surface area contributed by atoms with Gasteiger partial charge in [-0.25, -0.2) is 4.79 Å². The minimum Gasteiger partial charge on any atom is -0.497 e. The molecule has 0 atom stereocenters. The third kappa shape index (κ3) is 3.02.